The zero-order chi connectivity index (χ0) is 14.5. The van der Waals surface area contributed by atoms with E-state index in [0.717, 1.165) is 22.5 Å². The molecule has 106 valence electrons. The number of halogens is 2. The second-order valence-corrected chi connectivity index (χ2v) is 6.31. The first-order chi connectivity index (χ1) is 9.60. The Morgan fingerprint density at radius 3 is 2.55 bits per heavy atom. The highest BCUT2D eigenvalue weighted by Crippen LogP contribution is 2.27. The third-order valence-corrected chi connectivity index (χ3v) is 4.35. The van der Waals surface area contributed by atoms with E-state index in [0.29, 0.717) is 22.6 Å². The van der Waals surface area contributed by atoms with E-state index in [1.54, 1.807) is 0 Å². The molecule has 0 aliphatic carbocycles. The van der Waals surface area contributed by atoms with Crippen LogP contribution in [0.5, 0.6) is 0 Å². The number of hydrogen-bond acceptors (Lipinski definition) is 4. The summed E-state index contributed by atoms with van der Waals surface area (Å²) in [5.41, 5.74) is 1.68. The second kappa shape index (κ2) is 7.07. The van der Waals surface area contributed by atoms with Crippen molar-refractivity contribution >= 4 is 46.0 Å². The number of thiazole rings is 1. The maximum atomic E-state index is 11.7. The van der Waals surface area contributed by atoms with Crippen molar-refractivity contribution in [3.63, 3.8) is 0 Å². The minimum Gasteiger partial charge on any atom is -0.380 e. The fraction of sp³-hybridized carbons (Fsp3) is 0.286. The summed E-state index contributed by atoms with van der Waals surface area (Å²) in [6.45, 7) is 2.56. The van der Waals surface area contributed by atoms with Crippen LogP contribution in [-0.4, -0.2) is 10.8 Å². The van der Waals surface area contributed by atoms with Crippen molar-refractivity contribution in [2.24, 2.45) is 0 Å². The van der Waals surface area contributed by atoms with Gasteiger partial charge < -0.3 is 5.32 Å². The van der Waals surface area contributed by atoms with Crippen LogP contribution < -0.4 is 5.32 Å². The first-order valence-electron chi connectivity index (χ1n) is 6.28. The molecule has 1 aromatic heterocycles. The van der Waals surface area contributed by atoms with E-state index >= 15 is 0 Å². The Labute approximate surface area is 131 Å². The molecule has 0 saturated carbocycles. The molecule has 2 aromatic rings. The summed E-state index contributed by atoms with van der Waals surface area (Å²) < 4.78 is 0.437. The number of benzene rings is 1. The van der Waals surface area contributed by atoms with E-state index in [1.165, 1.54) is 11.3 Å². The molecular formula is C14H14Cl2N2OS. The summed E-state index contributed by atoms with van der Waals surface area (Å²) in [5.74, 6) is 0.177. The Hall–Kier alpha value is -1.10. The first kappa shape index (κ1) is 15.3. The lowest BCUT2D eigenvalue weighted by molar-refractivity contribution is 0.0982. The largest absolute Gasteiger partial charge is 0.380 e. The predicted molar refractivity (Wildman–Crippen MR) is 85.1 cm³/mol. The van der Waals surface area contributed by atoms with Gasteiger partial charge in [0, 0.05) is 17.7 Å². The number of nitrogens with zero attached hydrogens (tertiary/aromatic N) is 1. The maximum absolute atomic E-state index is 11.7. The van der Waals surface area contributed by atoms with Crippen LogP contribution in [0.3, 0.4) is 0 Å². The molecule has 0 saturated heterocycles. The van der Waals surface area contributed by atoms with Crippen LogP contribution in [0.25, 0.3) is 0 Å². The number of carbonyl (C=O) groups is 1. The van der Waals surface area contributed by atoms with Crippen molar-refractivity contribution in [2.75, 3.05) is 5.32 Å². The Morgan fingerprint density at radius 2 is 2.00 bits per heavy atom. The molecule has 0 amide bonds. The molecule has 0 aliphatic rings. The van der Waals surface area contributed by atoms with Gasteiger partial charge in [0.2, 0.25) is 0 Å². The lowest BCUT2D eigenvalue weighted by Gasteiger charge is -2.06. The van der Waals surface area contributed by atoms with Crippen molar-refractivity contribution in [1.29, 1.82) is 0 Å². The van der Waals surface area contributed by atoms with Gasteiger partial charge >= 0.3 is 0 Å². The smallest absolute Gasteiger partial charge is 0.185 e. The number of rotatable bonds is 6. The Bertz CT molecular complexity index is 596. The van der Waals surface area contributed by atoms with Crippen molar-refractivity contribution < 1.29 is 4.79 Å². The number of nitrogens with one attached hydrogen (secondary N) is 1. The third kappa shape index (κ3) is 3.95. The molecule has 0 atom stereocenters. The minimum absolute atomic E-state index is 0.177. The van der Waals surface area contributed by atoms with Crippen molar-refractivity contribution in [1.82, 2.24) is 4.98 Å². The molecule has 2 rings (SSSR count). The lowest BCUT2D eigenvalue weighted by atomic mass is 10.1. The molecule has 0 radical (unpaired) electrons. The summed E-state index contributed by atoms with van der Waals surface area (Å²) in [6.07, 6.45) is 1.45. The van der Waals surface area contributed by atoms with Crippen LogP contribution >= 0.6 is 34.5 Å². The van der Waals surface area contributed by atoms with Crippen molar-refractivity contribution in [3.8, 4) is 0 Å². The molecule has 3 nitrogen and oxygen atoms in total. The molecule has 0 spiro atoms. The number of carbonyl (C=O) groups excluding carboxylic acids is 1. The van der Waals surface area contributed by atoms with Crippen LogP contribution in [0.1, 0.15) is 35.0 Å². The molecule has 0 unspecified atom stereocenters. The molecular weight excluding hydrogens is 315 g/mol. The summed E-state index contributed by atoms with van der Waals surface area (Å²) in [4.78, 5) is 16.6. The van der Waals surface area contributed by atoms with Crippen LogP contribution in [0.15, 0.2) is 24.3 Å². The van der Waals surface area contributed by atoms with Gasteiger partial charge in [0.1, 0.15) is 5.15 Å². The molecule has 1 N–H and O–H groups in total. The standard InChI is InChI=1S/C14H14Cl2N2OS/c1-2-3-11(19)9-4-6-10(7-5-9)17-8-12-13(15)18-14(16)20-12/h4-7,17H,2-3,8H2,1H3. The number of anilines is 1. The van der Waals surface area contributed by atoms with Gasteiger partial charge in [-0.05, 0) is 30.7 Å². The Balaban J connectivity index is 1.97. The van der Waals surface area contributed by atoms with Gasteiger partial charge in [0.05, 0.1) is 11.4 Å². The highest BCUT2D eigenvalue weighted by molar-refractivity contribution is 7.16. The average Bonchev–Trinajstić information content (AvgIpc) is 2.75. The molecule has 20 heavy (non-hydrogen) atoms. The van der Waals surface area contributed by atoms with Gasteiger partial charge in [0.15, 0.2) is 10.3 Å². The fourth-order valence-corrected chi connectivity index (χ4v) is 3.08. The number of ketones is 1. The van der Waals surface area contributed by atoms with E-state index in [9.17, 15) is 4.79 Å². The normalized spacial score (nSPS) is 10.6. The topological polar surface area (TPSA) is 42.0 Å². The van der Waals surface area contributed by atoms with E-state index in [4.69, 9.17) is 23.2 Å². The summed E-state index contributed by atoms with van der Waals surface area (Å²) in [7, 11) is 0. The van der Waals surface area contributed by atoms with E-state index in [1.807, 2.05) is 31.2 Å². The molecule has 1 aromatic carbocycles. The van der Waals surface area contributed by atoms with E-state index in [-0.39, 0.29) is 5.78 Å². The monoisotopic (exact) mass is 328 g/mol. The van der Waals surface area contributed by atoms with Crippen molar-refractivity contribution in [2.45, 2.75) is 26.3 Å². The maximum Gasteiger partial charge on any atom is 0.185 e. The van der Waals surface area contributed by atoms with Crippen LogP contribution in [-0.2, 0) is 6.54 Å². The zero-order valence-corrected chi connectivity index (χ0v) is 13.3. The Morgan fingerprint density at radius 1 is 1.30 bits per heavy atom. The SMILES string of the molecule is CCCC(=O)c1ccc(NCc2sc(Cl)nc2Cl)cc1. The van der Waals surface area contributed by atoms with E-state index < -0.39 is 0 Å². The highest BCUT2D eigenvalue weighted by Gasteiger charge is 2.08. The van der Waals surface area contributed by atoms with E-state index in [2.05, 4.69) is 10.3 Å². The van der Waals surface area contributed by atoms with Gasteiger partial charge in [-0.15, -0.1) is 11.3 Å². The number of aromatic nitrogens is 1. The van der Waals surface area contributed by atoms with Crippen molar-refractivity contribution in [3.05, 3.63) is 44.3 Å². The second-order valence-electron chi connectivity index (χ2n) is 4.28. The van der Waals surface area contributed by atoms with Gasteiger partial charge in [-0.25, -0.2) is 4.98 Å². The van der Waals surface area contributed by atoms with Gasteiger partial charge in [0.25, 0.3) is 0 Å². The molecule has 6 heteroatoms. The highest BCUT2D eigenvalue weighted by atomic mass is 35.5. The Kier molecular flexibility index (Phi) is 5.40. The minimum atomic E-state index is 0.177. The van der Waals surface area contributed by atoms with Crippen LogP contribution in [0.4, 0.5) is 5.69 Å². The average molecular weight is 329 g/mol. The summed E-state index contributed by atoms with van der Waals surface area (Å²) in [5, 5.41) is 3.66. The fourth-order valence-electron chi connectivity index (χ4n) is 1.74. The van der Waals surface area contributed by atoms with Gasteiger partial charge in [-0.2, -0.15) is 0 Å². The number of hydrogen-bond donors (Lipinski definition) is 1. The third-order valence-electron chi connectivity index (χ3n) is 2.76. The molecule has 1 heterocycles. The molecule has 0 bridgehead atoms. The summed E-state index contributed by atoms with van der Waals surface area (Å²) in [6, 6.07) is 7.45. The number of Topliss-reactive ketones (excluding diaryl/α,β-unsaturated/α-hetero) is 1. The quantitative estimate of drug-likeness (QED) is 0.755. The molecule has 0 aliphatic heterocycles. The predicted octanol–water partition coefficient (Wildman–Crippen LogP) is 5.04. The molecule has 0 fully saturated rings. The van der Waals surface area contributed by atoms with Gasteiger partial charge in [-0.1, -0.05) is 30.1 Å². The zero-order valence-electron chi connectivity index (χ0n) is 11.0. The first-order valence-corrected chi connectivity index (χ1v) is 7.85. The van der Waals surface area contributed by atoms with Crippen LogP contribution in [0, 0.1) is 0 Å². The lowest BCUT2D eigenvalue weighted by Crippen LogP contribution is -2.00. The van der Waals surface area contributed by atoms with Gasteiger partial charge in [-0.3, -0.25) is 4.79 Å². The van der Waals surface area contributed by atoms with Crippen LogP contribution in [0.2, 0.25) is 9.62 Å². The summed E-state index contributed by atoms with van der Waals surface area (Å²) >= 11 is 13.1.